The van der Waals surface area contributed by atoms with Crippen LogP contribution in [-0.2, 0) is 6.42 Å². The third-order valence-electron chi connectivity index (χ3n) is 3.01. The highest BCUT2D eigenvalue weighted by molar-refractivity contribution is 5.34. The first-order chi connectivity index (χ1) is 8.18. The lowest BCUT2D eigenvalue weighted by atomic mass is 9.95. The van der Waals surface area contributed by atoms with Crippen LogP contribution in [0.15, 0.2) is 36.9 Å². The van der Waals surface area contributed by atoms with E-state index in [-0.39, 0.29) is 0 Å². The Morgan fingerprint density at radius 1 is 1.12 bits per heavy atom. The molecular formula is C14H16N2O. The minimum absolute atomic E-state index is 0.545. The molecule has 0 aliphatic rings. The molecule has 17 heavy (non-hydrogen) atoms. The number of benzene rings is 1. The van der Waals surface area contributed by atoms with Gasteiger partial charge in [-0.3, -0.25) is 0 Å². The molecule has 0 fully saturated rings. The molecule has 0 bridgehead atoms. The van der Waals surface area contributed by atoms with Crippen LogP contribution in [0, 0.1) is 13.8 Å². The van der Waals surface area contributed by atoms with Crippen LogP contribution in [0.25, 0.3) is 0 Å². The van der Waals surface area contributed by atoms with Gasteiger partial charge >= 0.3 is 0 Å². The average Bonchev–Trinajstić information content (AvgIpc) is 2.35. The lowest BCUT2D eigenvalue weighted by Gasteiger charge is -2.14. The number of nitrogens with zero attached hydrogens (tertiary/aromatic N) is 2. The first kappa shape index (κ1) is 11.7. The molecule has 3 nitrogen and oxygen atoms in total. The molecule has 0 amide bonds. The number of aryl methyl sites for hydroxylation is 2. The SMILES string of the molecule is Cc1cccc(C)c1CC(O)c1cncnc1. The van der Waals surface area contributed by atoms with Gasteiger partial charge in [-0.05, 0) is 30.5 Å². The van der Waals surface area contributed by atoms with Gasteiger partial charge in [-0.1, -0.05) is 18.2 Å². The predicted octanol–water partition coefficient (Wildman–Crippen LogP) is 2.37. The average molecular weight is 228 g/mol. The van der Waals surface area contributed by atoms with Crippen LogP contribution in [0.1, 0.15) is 28.4 Å². The fourth-order valence-electron chi connectivity index (χ4n) is 1.96. The minimum atomic E-state index is -0.545. The molecule has 0 aliphatic heterocycles. The van der Waals surface area contributed by atoms with Gasteiger partial charge in [-0.15, -0.1) is 0 Å². The lowest BCUT2D eigenvalue weighted by molar-refractivity contribution is 0.177. The Kier molecular flexibility index (Phi) is 3.49. The largest absolute Gasteiger partial charge is 0.388 e. The van der Waals surface area contributed by atoms with Crippen LogP contribution in [0.5, 0.6) is 0 Å². The van der Waals surface area contributed by atoms with Gasteiger partial charge in [0.05, 0.1) is 6.10 Å². The van der Waals surface area contributed by atoms with Crippen molar-refractivity contribution in [1.29, 1.82) is 0 Å². The molecule has 0 saturated carbocycles. The first-order valence-corrected chi connectivity index (χ1v) is 5.66. The van der Waals surface area contributed by atoms with Gasteiger partial charge in [0.1, 0.15) is 6.33 Å². The molecule has 2 aromatic rings. The second kappa shape index (κ2) is 5.06. The van der Waals surface area contributed by atoms with Crippen molar-refractivity contribution in [2.75, 3.05) is 0 Å². The van der Waals surface area contributed by atoms with Crippen molar-refractivity contribution >= 4 is 0 Å². The number of aliphatic hydroxyl groups excluding tert-OH is 1. The molecule has 1 aromatic carbocycles. The Hall–Kier alpha value is -1.74. The standard InChI is InChI=1S/C14H16N2O/c1-10-4-3-5-11(2)13(10)6-14(17)12-7-15-9-16-8-12/h3-5,7-9,14,17H,6H2,1-2H3. The molecule has 88 valence electrons. The van der Waals surface area contributed by atoms with E-state index in [1.165, 1.54) is 23.0 Å². The van der Waals surface area contributed by atoms with Gasteiger partial charge in [0.15, 0.2) is 0 Å². The quantitative estimate of drug-likeness (QED) is 0.877. The Morgan fingerprint density at radius 2 is 1.71 bits per heavy atom. The van der Waals surface area contributed by atoms with Gasteiger partial charge < -0.3 is 5.11 Å². The van der Waals surface area contributed by atoms with E-state index in [2.05, 4.69) is 35.9 Å². The summed E-state index contributed by atoms with van der Waals surface area (Å²) in [5.41, 5.74) is 4.38. The Bertz CT molecular complexity index is 477. The highest BCUT2D eigenvalue weighted by Gasteiger charge is 2.12. The molecule has 1 N–H and O–H groups in total. The Morgan fingerprint density at radius 3 is 2.29 bits per heavy atom. The normalized spacial score (nSPS) is 12.4. The minimum Gasteiger partial charge on any atom is -0.388 e. The zero-order valence-corrected chi connectivity index (χ0v) is 10.1. The summed E-state index contributed by atoms with van der Waals surface area (Å²) >= 11 is 0. The first-order valence-electron chi connectivity index (χ1n) is 5.66. The van der Waals surface area contributed by atoms with Gasteiger partial charge in [-0.2, -0.15) is 0 Å². The number of aliphatic hydroxyl groups is 1. The van der Waals surface area contributed by atoms with Crippen LogP contribution in [0.3, 0.4) is 0 Å². The molecular weight excluding hydrogens is 212 g/mol. The van der Waals surface area contributed by atoms with Crippen LogP contribution >= 0.6 is 0 Å². The summed E-state index contributed by atoms with van der Waals surface area (Å²) in [5, 5.41) is 10.1. The van der Waals surface area contributed by atoms with Crippen molar-refractivity contribution in [2.24, 2.45) is 0 Å². The van der Waals surface area contributed by atoms with Crippen LogP contribution in [0.4, 0.5) is 0 Å². The molecule has 1 atom stereocenters. The van der Waals surface area contributed by atoms with E-state index >= 15 is 0 Å². The van der Waals surface area contributed by atoms with Crippen LogP contribution < -0.4 is 0 Å². The fraction of sp³-hybridized carbons (Fsp3) is 0.286. The second-order valence-corrected chi connectivity index (χ2v) is 4.26. The zero-order chi connectivity index (χ0) is 12.3. The van der Waals surface area contributed by atoms with Crippen molar-refractivity contribution in [3.63, 3.8) is 0 Å². The highest BCUT2D eigenvalue weighted by atomic mass is 16.3. The van der Waals surface area contributed by atoms with E-state index < -0.39 is 6.10 Å². The van der Waals surface area contributed by atoms with Crippen molar-refractivity contribution in [3.05, 3.63) is 59.2 Å². The predicted molar refractivity (Wildman–Crippen MR) is 66.6 cm³/mol. The van der Waals surface area contributed by atoms with E-state index in [0.29, 0.717) is 6.42 Å². The van der Waals surface area contributed by atoms with Gasteiger partial charge in [0.25, 0.3) is 0 Å². The molecule has 0 spiro atoms. The Labute approximate surface area is 101 Å². The van der Waals surface area contributed by atoms with Gasteiger partial charge in [0.2, 0.25) is 0 Å². The molecule has 1 heterocycles. The molecule has 2 rings (SSSR count). The van der Waals surface area contributed by atoms with Crippen LogP contribution in [-0.4, -0.2) is 15.1 Å². The maximum atomic E-state index is 10.1. The van der Waals surface area contributed by atoms with Crippen molar-refractivity contribution in [1.82, 2.24) is 9.97 Å². The monoisotopic (exact) mass is 228 g/mol. The number of hydrogen-bond donors (Lipinski definition) is 1. The summed E-state index contributed by atoms with van der Waals surface area (Å²) < 4.78 is 0. The van der Waals surface area contributed by atoms with E-state index in [4.69, 9.17) is 0 Å². The Balaban J connectivity index is 2.22. The summed E-state index contributed by atoms with van der Waals surface area (Å²) in [4.78, 5) is 7.84. The van der Waals surface area contributed by atoms with Crippen molar-refractivity contribution < 1.29 is 5.11 Å². The van der Waals surface area contributed by atoms with E-state index in [0.717, 1.165) is 5.56 Å². The van der Waals surface area contributed by atoms with E-state index in [1.807, 2.05) is 6.07 Å². The summed E-state index contributed by atoms with van der Waals surface area (Å²) in [5.74, 6) is 0. The molecule has 0 saturated heterocycles. The van der Waals surface area contributed by atoms with Gasteiger partial charge in [-0.25, -0.2) is 9.97 Å². The van der Waals surface area contributed by atoms with E-state index in [1.54, 1.807) is 12.4 Å². The lowest BCUT2D eigenvalue weighted by Crippen LogP contribution is -2.05. The highest BCUT2D eigenvalue weighted by Crippen LogP contribution is 2.21. The summed E-state index contributed by atoms with van der Waals surface area (Å²) in [6.45, 7) is 4.13. The molecule has 0 aliphatic carbocycles. The summed E-state index contributed by atoms with van der Waals surface area (Å²) in [7, 11) is 0. The summed E-state index contributed by atoms with van der Waals surface area (Å²) in [6.07, 6.45) is 4.84. The second-order valence-electron chi connectivity index (χ2n) is 4.26. The maximum Gasteiger partial charge on any atom is 0.115 e. The topological polar surface area (TPSA) is 46.0 Å². The molecule has 1 aromatic heterocycles. The van der Waals surface area contributed by atoms with Gasteiger partial charge in [0, 0.05) is 24.4 Å². The van der Waals surface area contributed by atoms with Crippen molar-refractivity contribution in [3.8, 4) is 0 Å². The van der Waals surface area contributed by atoms with Crippen LogP contribution in [0.2, 0.25) is 0 Å². The zero-order valence-electron chi connectivity index (χ0n) is 10.1. The molecule has 1 unspecified atom stereocenters. The smallest absolute Gasteiger partial charge is 0.115 e. The maximum absolute atomic E-state index is 10.1. The summed E-state index contributed by atoms with van der Waals surface area (Å²) in [6, 6.07) is 6.17. The molecule has 0 radical (unpaired) electrons. The number of aromatic nitrogens is 2. The third-order valence-corrected chi connectivity index (χ3v) is 3.01. The fourth-order valence-corrected chi connectivity index (χ4v) is 1.96. The number of hydrogen-bond acceptors (Lipinski definition) is 3. The van der Waals surface area contributed by atoms with E-state index in [9.17, 15) is 5.11 Å². The third kappa shape index (κ3) is 2.68. The molecule has 3 heteroatoms. The number of rotatable bonds is 3. The van der Waals surface area contributed by atoms with Crippen molar-refractivity contribution in [2.45, 2.75) is 26.4 Å².